The summed E-state index contributed by atoms with van der Waals surface area (Å²) < 4.78 is 11.2. The molecule has 0 bridgehead atoms. The SMILES string of the molecule is Cc1cc(-c2ccccc2)nn1[BH-](n1nc(-c2ccccc2)cc1C)n1nc(-c2ccccc2)cc1C.Cc1cc(=O)oc2cc([O-])ccc12.[Zn+2]. The van der Waals surface area contributed by atoms with E-state index < -0.39 is 12.7 Å². The van der Waals surface area contributed by atoms with Crippen molar-refractivity contribution in [3.8, 4) is 39.5 Å². The first-order valence-corrected chi connectivity index (χ1v) is 16.5. The largest absolute Gasteiger partial charge is 2.00 e. The van der Waals surface area contributed by atoms with Gasteiger partial charge in [0.1, 0.15) is 5.58 Å². The number of hydrogen-bond donors (Lipinski definition) is 0. The van der Waals surface area contributed by atoms with Gasteiger partial charge in [-0.3, -0.25) is 0 Å². The second-order valence-corrected chi connectivity index (χ2v) is 12.4. The molecule has 9 nitrogen and oxygen atoms in total. The van der Waals surface area contributed by atoms with Gasteiger partial charge in [-0.2, -0.15) is 0 Å². The molecular formula is C40H35BN6O3Zn. The van der Waals surface area contributed by atoms with Crippen LogP contribution in [0.2, 0.25) is 0 Å². The van der Waals surface area contributed by atoms with Crippen LogP contribution in [0.1, 0.15) is 22.6 Å². The quantitative estimate of drug-likeness (QED) is 0.135. The minimum absolute atomic E-state index is 0. The first kappa shape index (κ1) is 35.0. The van der Waals surface area contributed by atoms with Crippen LogP contribution in [0.25, 0.3) is 44.7 Å². The molecule has 0 radical (unpaired) electrons. The molecule has 4 heterocycles. The minimum atomic E-state index is -1.55. The topological polar surface area (TPSA) is 107 Å². The van der Waals surface area contributed by atoms with Crippen molar-refractivity contribution in [1.29, 1.82) is 0 Å². The van der Waals surface area contributed by atoms with E-state index in [4.69, 9.17) is 19.7 Å². The summed E-state index contributed by atoms with van der Waals surface area (Å²) >= 11 is 0. The van der Waals surface area contributed by atoms with E-state index >= 15 is 0 Å². The third-order valence-electron chi connectivity index (χ3n) is 8.88. The summed E-state index contributed by atoms with van der Waals surface area (Å²) in [6.07, 6.45) is 0. The molecule has 0 atom stereocenters. The van der Waals surface area contributed by atoms with E-state index in [1.54, 1.807) is 6.07 Å². The molecule has 0 aliphatic heterocycles. The van der Waals surface area contributed by atoms with Crippen molar-refractivity contribution < 1.29 is 29.0 Å². The number of rotatable bonds is 6. The summed E-state index contributed by atoms with van der Waals surface area (Å²) in [4.78, 5) is 10.9. The maximum absolute atomic E-state index is 10.9. The molecular weight excluding hydrogens is 689 g/mol. The van der Waals surface area contributed by atoms with Gasteiger partial charge in [-0.05, 0) is 74.6 Å². The fourth-order valence-corrected chi connectivity index (χ4v) is 6.33. The van der Waals surface area contributed by atoms with Gasteiger partial charge in [0.05, 0.1) is 17.1 Å². The van der Waals surface area contributed by atoms with Crippen LogP contribution >= 0.6 is 0 Å². The van der Waals surface area contributed by atoms with E-state index in [9.17, 15) is 9.90 Å². The minimum Gasteiger partial charge on any atom is -0.872 e. The van der Waals surface area contributed by atoms with Gasteiger partial charge in [-0.1, -0.05) is 103 Å². The Morgan fingerprint density at radius 3 is 1.33 bits per heavy atom. The molecule has 8 aromatic rings. The van der Waals surface area contributed by atoms with Crippen molar-refractivity contribution in [3.05, 3.63) is 167 Å². The predicted octanol–water partition coefficient (Wildman–Crippen LogP) is 7.04. The Labute approximate surface area is 308 Å². The number of hydrogen-bond acceptors (Lipinski definition) is 6. The Kier molecular flexibility index (Phi) is 10.3. The standard InChI is InChI=1S/C30H28BN6.C10H8O3.Zn/c1-22-19-28(25-13-7-4-8-14-25)32-35(22)31(36-23(2)20-29(33-36)26-15-9-5-10-16-26)37-24(3)21-30(34-37)27-17-11-6-12-18-27;1-6-4-10(12)13-9-5-7(11)2-3-8(6)9;/h4-21,31H,1-3H3;2-5,11H,1H3;/q-1;;+2/p-1. The summed E-state index contributed by atoms with van der Waals surface area (Å²) in [6, 6.07) is 43.2. The van der Waals surface area contributed by atoms with Crippen LogP contribution in [0.4, 0.5) is 0 Å². The van der Waals surface area contributed by atoms with Gasteiger partial charge < -0.3 is 23.3 Å². The monoisotopic (exact) mass is 722 g/mol. The second kappa shape index (κ2) is 15.0. The van der Waals surface area contributed by atoms with E-state index in [2.05, 4.69) is 89.1 Å². The Balaban J connectivity index is 0.000000269. The van der Waals surface area contributed by atoms with Crippen molar-refractivity contribution >= 4 is 18.1 Å². The maximum atomic E-state index is 10.9. The first-order valence-electron chi connectivity index (χ1n) is 16.5. The van der Waals surface area contributed by atoms with E-state index in [0.717, 1.165) is 61.8 Å². The summed E-state index contributed by atoms with van der Waals surface area (Å²) in [6.45, 7) is 8.12. The summed E-state index contributed by atoms with van der Waals surface area (Å²) in [5.41, 5.74) is 10.0. The fraction of sp³-hybridized carbons (Fsp3) is 0.100. The van der Waals surface area contributed by atoms with E-state index in [0.29, 0.717) is 5.58 Å². The van der Waals surface area contributed by atoms with Gasteiger partial charge in [0.15, 0.2) is 0 Å². The number of aromatic nitrogens is 6. The molecule has 248 valence electrons. The van der Waals surface area contributed by atoms with Crippen molar-refractivity contribution in [2.24, 2.45) is 0 Å². The van der Waals surface area contributed by atoms with Gasteiger partial charge in [-0.25, -0.2) is 20.1 Å². The zero-order valence-electron chi connectivity index (χ0n) is 29.0. The Morgan fingerprint density at radius 1 is 0.549 bits per heavy atom. The molecule has 11 heteroatoms. The first-order chi connectivity index (χ1) is 24.2. The molecule has 8 rings (SSSR count). The molecule has 0 N–H and O–H groups in total. The number of fused-ring (bicyclic) bond motifs is 1. The Morgan fingerprint density at radius 2 is 0.941 bits per heavy atom. The zero-order valence-corrected chi connectivity index (χ0v) is 32.0. The molecule has 4 aromatic heterocycles. The van der Waals surface area contributed by atoms with Crippen LogP contribution in [0.15, 0.2) is 143 Å². The van der Waals surface area contributed by atoms with Crippen LogP contribution in [0, 0.1) is 27.7 Å². The molecule has 51 heavy (non-hydrogen) atoms. The van der Waals surface area contributed by atoms with Gasteiger partial charge >= 0.3 is 32.2 Å². The van der Waals surface area contributed by atoms with E-state index in [1.165, 1.54) is 18.2 Å². The molecule has 0 fully saturated rings. The molecule has 0 aliphatic rings. The molecule has 0 spiro atoms. The fourth-order valence-electron chi connectivity index (χ4n) is 6.33. The Hall–Kier alpha value is -5.79. The van der Waals surface area contributed by atoms with Crippen molar-refractivity contribution in [2.75, 3.05) is 0 Å². The van der Waals surface area contributed by atoms with Crippen LogP contribution in [0.5, 0.6) is 5.75 Å². The van der Waals surface area contributed by atoms with E-state index in [1.807, 2.05) is 61.5 Å². The second-order valence-electron chi connectivity index (χ2n) is 12.4. The molecule has 0 aliphatic carbocycles. The van der Waals surface area contributed by atoms with Gasteiger partial charge in [0, 0.05) is 28.1 Å². The van der Waals surface area contributed by atoms with Crippen LogP contribution in [-0.4, -0.2) is 36.2 Å². The summed E-state index contributed by atoms with van der Waals surface area (Å²) in [7, 11) is -1.55. The molecule has 0 amide bonds. The van der Waals surface area contributed by atoms with Crippen molar-refractivity contribution in [2.45, 2.75) is 27.7 Å². The van der Waals surface area contributed by atoms with Crippen LogP contribution < -0.4 is 10.7 Å². The number of nitrogens with zero attached hydrogens (tertiary/aromatic N) is 6. The van der Waals surface area contributed by atoms with Gasteiger partial charge in [0.2, 0.25) is 0 Å². The average molecular weight is 724 g/mol. The zero-order chi connectivity index (χ0) is 34.8. The average Bonchev–Trinajstić information content (AvgIpc) is 3.83. The molecule has 0 unspecified atom stereocenters. The van der Waals surface area contributed by atoms with Crippen LogP contribution in [0.3, 0.4) is 0 Å². The van der Waals surface area contributed by atoms with E-state index in [-0.39, 0.29) is 25.2 Å². The molecule has 0 saturated carbocycles. The summed E-state index contributed by atoms with van der Waals surface area (Å²) in [5, 5.41) is 27.1. The maximum Gasteiger partial charge on any atom is 2.00 e. The smallest absolute Gasteiger partial charge is 0.872 e. The molecule has 0 saturated heterocycles. The number of aryl methyl sites for hydroxylation is 4. The molecule has 4 aromatic carbocycles. The van der Waals surface area contributed by atoms with Crippen molar-refractivity contribution in [3.63, 3.8) is 0 Å². The van der Waals surface area contributed by atoms with Crippen molar-refractivity contribution in [1.82, 2.24) is 29.1 Å². The van der Waals surface area contributed by atoms with Crippen LogP contribution in [-0.2, 0) is 19.5 Å². The third-order valence-corrected chi connectivity index (χ3v) is 8.88. The van der Waals surface area contributed by atoms with Gasteiger partial charge in [-0.15, -0.1) is 5.75 Å². The third kappa shape index (κ3) is 7.39. The normalized spacial score (nSPS) is 10.9. The Bertz CT molecular complexity index is 2270. The predicted molar refractivity (Wildman–Crippen MR) is 197 cm³/mol. The summed E-state index contributed by atoms with van der Waals surface area (Å²) in [5.74, 6) is -0.152. The number of benzene rings is 4. The van der Waals surface area contributed by atoms with Gasteiger partial charge in [0.25, 0.3) is 0 Å².